The van der Waals surface area contributed by atoms with E-state index >= 15 is 0 Å². The van der Waals surface area contributed by atoms with Crippen LogP contribution in [0.15, 0.2) is 59.8 Å². The Hall–Kier alpha value is -3.81. The summed E-state index contributed by atoms with van der Waals surface area (Å²) in [6.45, 7) is 2.69. The van der Waals surface area contributed by atoms with Crippen molar-refractivity contribution in [2.24, 2.45) is 0 Å². The van der Waals surface area contributed by atoms with Crippen LogP contribution in [0.2, 0.25) is 0 Å². The van der Waals surface area contributed by atoms with Crippen molar-refractivity contribution < 1.29 is 23.9 Å². The summed E-state index contributed by atoms with van der Waals surface area (Å²) in [5.41, 5.74) is 3.07. The number of carbonyl (C=O) groups is 3. The fraction of sp³-hybridized carbons (Fsp3) is 0.320. The summed E-state index contributed by atoms with van der Waals surface area (Å²) in [6, 6.07) is 13.2. The van der Waals surface area contributed by atoms with Gasteiger partial charge in [-0.05, 0) is 48.4 Å². The summed E-state index contributed by atoms with van der Waals surface area (Å²) >= 11 is 0. The average molecular weight is 450 g/mol. The molecular formula is C25H27N3O5. The van der Waals surface area contributed by atoms with Crippen molar-refractivity contribution in [1.82, 2.24) is 10.2 Å². The van der Waals surface area contributed by atoms with Crippen LogP contribution in [0.25, 0.3) is 0 Å². The molecule has 2 aromatic rings. The second-order valence-corrected chi connectivity index (χ2v) is 8.00. The molecular weight excluding hydrogens is 422 g/mol. The van der Waals surface area contributed by atoms with Crippen molar-refractivity contribution >= 4 is 23.6 Å². The molecule has 0 spiro atoms. The van der Waals surface area contributed by atoms with Crippen molar-refractivity contribution in [3.8, 4) is 5.75 Å². The van der Waals surface area contributed by atoms with Gasteiger partial charge in [0.1, 0.15) is 5.75 Å². The van der Waals surface area contributed by atoms with Gasteiger partial charge in [-0.1, -0.05) is 25.5 Å². The number of unbranched alkanes of at least 4 members (excludes halogenated alkanes) is 1. The second-order valence-electron chi connectivity index (χ2n) is 8.00. The molecule has 8 heteroatoms. The van der Waals surface area contributed by atoms with Gasteiger partial charge in [-0.25, -0.2) is 9.59 Å². The fourth-order valence-corrected chi connectivity index (χ4v) is 3.99. The molecule has 1 N–H and O–H groups in total. The minimum Gasteiger partial charge on any atom is -0.497 e. The van der Waals surface area contributed by atoms with Crippen LogP contribution in [0.5, 0.6) is 5.75 Å². The number of nitrogens with zero attached hydrogens (tertiary/aromatic N) is 2. The maximum Gasteiger partial charge on any atom is 0.338 e. The molecule has 0 saturated heterocycles. The molecule has 0 fully saturated rings. The molecule has 2 aliphatic heterocycles. The number of hydrogen-bond acceptors (Lipinski definition) is 5. The van der Waals surface area contributed by atoms with Crippen LogP contribution >= 0.6 is 0 Å². The van der Waals surface area contributed by atoms with Crippen molar-refractivity contribution in [3.63, 3.8) is 0 Å². The number of hydrogen-bond donors (Lipinski definition) is 1. The van der Waals surface area contributed by atoms with Crippen LogP contribution in [-0.2, 0) is 9.53 Å². The van der Waals surface area contributed by atoms with Crippen molar-refractivity contribution in [2.45, 2.75) is 25.8 Å². The SMILES string of the molecule is CCCCOC(=O)c1ccc(N2CC3=C(C2=O)[C@H](c2ccc(OC)cc2)NC(=O)N3C)cc1. The first-order valence-electron chi connectivity index (χ1n) is 10.9. The summed E-state index contributed by atoms with van der Waals surface area (Å²) in [6.07, 6.45) is 1.77. The highest BCUT2D eigenvalue weighted by molar-refractivity contribution is 6.12. The molecule has 8 nitrogen and oxygen atoms in total. The third kappa shape index (κ3) is 4.28. The number of anilines is 1. The van der Waals surface area contributed by atoms with Gasteiger partial charge in [0.15, 0.2) is 0 Å². The van der Waals surface area contributed by atoms with Crippen LogP contribution in [0.3, 0.4) is 0 Å². The highest BCUT2D eigenvalue weighted by atomic mass is 16.5. The van der Waals surface area contributed by atoms with Crippen LogP contribution in [0.1, 0.15) is 41.7 Å². The zero-order chi connectivity index (χ0) is 23.5. The molecule has 0 aliphatic carbocycles. The van der Waals surface area contributed by atoms with E-state index in [1.165, 1.54) is 4.90 Å². The van der Waals surface area contributed by atoms with Gasteiger partial charge in [0.25, 0.3) is 5.91 Å². The number of amides is 3. The Morgan fingerprint density at radius 3 is 2.42 bits per heavy atom. The molecule has 2 heterocycles. The number of likely N-dealkylation sites (N-methyl/N-ethyl adjacent to an activating group) is 1. The average Bonchev–Trinajstić information content (AvgIpc) is 3.19. The molecule has 0 saturated carbocycles. The van der Waals surface area contributed by atoms with E-state index in [2.05, 4.69) is 5.32 Å². The lowest BCUT2D eigenvalue weighted by Gasteiger charge is -2.31. The van der Waals surface area contributed by atoms with Gasteiger partial charge < -0.3 is 19.7 Å². The number of carbonyl (C=O) groups excluding carboxylic acids is 3. The van der Waals surface area contributed by atoms with Gasteiger partial charge in [-0.15, -0.1) is 0 Å². The van der Waals surface area contributed by atoms with Crippen molar-refractivity contribution in [3.05, 3.63) is 70.9 Å². The molecule has 0 bridgehead atoms. The van der Waals surface area contributed by atoms with E-state index in [1.807, 2.05) is 19.1 Å². The largest absolute Gasteiger partial charge is 0.497 e. The molecule has 172 valence electrons. The molecule has 2 aliphatic rings. The number of esters is 1. The maximum absolute atomic E-state index is 13.5. The van der Waals surface area contributed by atoms with Gasteiger partial charge >= 0.3 is 12.0 Å². The van der Waals surface area contributed by atoms with Crippen molar-refractivity contribution in [2.75, 3.05) is 32.2 Å². The van der Waals surface area contributed by atoms with E-state index < -0.39 is 6.04 Å². The quantitative estimate of drug-likeness (QED) is 0.515. The van der Waals surface area contributed by atoms with Crippen LogP contribution in [0.4, 0.5) is 10.5 Å². The third-order valence-electron chi connectivity index (χ3n) is 5.96. The van der Waals surface area contributed by atoms with Gasteiger partial charge in [-0.3, -0.25) is 9.69 Å². The first-order valence-corrected chi connectivity index (χ1v) is 10.9. The van der Waals surface area contributed by atoms with Crippen LogP contribution < -0.4 is 15.0 Å². The molecule has 33 heavy (non-hydrogen) atoms. The third-order valence-corrected chi connectivity index (χ3v) is 5.96. The number of methoxy groups -OCH3 is 1. The maximum atomic E-state index is 13.5. The van der Waals surface area contributed by atoms with E-state index in [0.717, 1.165) is 18.4 Å². The molecule has 0 radical (unpaired) electrons. The molecule has 2 aromatic carbocycles. The Balaban J connectivity index is 1.57. The van der Waals surface area contributed by atoms with Crippen LogP contribution in [-0.4, -0.2) is 50.1 Å². The first-order chi connectivity index (χ1) is 15.9. The fourth-order valence-electron chi connectivity index (χ4n) is 3.99. The number of benzene rings is 2. The van der Waals surface area contributed by atoms with Crippen LogP contribution in [0, 0.1) is 0 Å². The van der Waals surface area contributed by atoms with E-state index in [0.29, 0.717) is 34.9 Å². The van der Waals surface area contributed by atoms with E-state index in [-0.39, 0.29) is 24.5 Å². The molecule has 0 unspecified atom stereocenters. The van der Waals surface area contributed by atoms with Gasteiger partial charge in [0.2, 0.25) is 0 Å². The standard InChI is InChI=1S/C25H27N3O5/c1-4-5-14-33-24(30)17-6-10-18(11-7-17)28-15-20-21(23(28)29)22(26-25(31)27(20)2)16-8-12-19(32-3)13-9-16/h6-13,22H,4-5,14-15H2,1-3H3,(H,26,31)/t22-/m0/s1. The lowest BCUT2D eigenvalue weighted by molar-refractivity contribution is -0.114. The zero-order valence-corrected chi connectivity index (χ0v) is 19.0. The number of rotatable bonds is 7. The lowest BCUT2D eigenvalue weighted by Crippen LogP contribution is -2.45. The summed E-state index contributed by atoms with van der Waals surface area (Å²) in [4.78, 5) is 41.3. The highest BCUT2D eigenvalue weighted by Gasteiger charge is 2.43. The Bertz CT molecular complexity index is 1090. The predicted octanol–water partition coefficient (Wildman–Crippen LogP) is 3.65. The minimum atomic E-state index is -0.556. The summed E-state index contributed by atoms with van der Waals surface area (Å²) in [5.74, 6) is 0.130. The van der Waals surface area contributed by atoms with Crippen molar-refractivity contribution in [1.29, 1.82) is 0 Å². The first kappa shape index (κ1) is 22.4. The van der Waals surface area contributed by atoms with E-state index in [9.17, 15) is 14.4 Å². The lowest BCUT2D eigenvalue weighted by atomic mass is 9.95. The van der Waals surface area contributed by atoms with Gasteiger partial charge in [0.05, 0.1) is 43.1 Å². The number of nitrogens with one attached hydrogen (secondary N) is 1. The van der Waals surface area contributed by atoms with E-state index in [4.69, 9.17) is 9.47 Å². The van der Waals surface area contributed by atoms with Gasteiger partial charge in [0, 0.05) is 12.7 Å². The predicted molar refractivity (Wildman–Crippen MR) is 123 cm³/mol. The monoisotopic (exact) mass is 449 g/mol. The molecule has 4 rings (SSSR count). The minimum absolute atomic E-state index is 0.184. The Morgan fingerprint density at radius 2 is 1.79 bits per heavy atom. The Labute approximate surface area is 192 Å². The summed E-state index contributed by atoms with van der Waals surface area (Å²) < 4.78 is 10.5. The number of ether oxygens (including phenoxy) is 2. The highest BCUT2D eigenvalue weighted by Crippen LogP contribution is 2.38. The normalized spacial score (nSPS) is 17.7. The zero-order valence-electron chi connectivity index (χ0n) is 19.0. The second kappa shape index (κ2) is 9.36. The molecule has 0 aromatic heterocycles. The van der Waals surface area contributed by atoms with E-state index in [1.54, 1.807) is 55.5 Å². The molecule has 1 atom stereocenters. The number of urea groups is 1. The Morgan fingerprint density at radius 1 is 1.09 bits per heavy atom. The molecule has 3 amide bonds. The summed E-state index contributed by atoms with van der Waals surface area (Å²) in [5, 5.41) is 2.92. The van der Waals surface area contributed by atoms with Gasteiger partial charge in [-0.2, -0.15) is 0 Å². The Kier molecular flexibility index (Phi) is 6.35. The summed E-state index contributed by atoms with van der Waals surface area (Å²) in [7, 11) is 3.24. The smallest absolute Gasteiger partial charge is 0.338 e. The topological polar surface area (TPSA) is 88.2 Å².